The molecule has 0 unspecified atom stereocenters. The molecule has 3 heterocycles. The van der Waals surface area contributed by atoms with E-state index in [0.717, 1.165) is 30.8 Å². The van der Waals surface area contributed by atoms with Crippen LogP contribution >= 0.6 is 23.2 Å². The lowest BCUT2D eigenvalue weighted by Gasteiger charge is -2.30. The Morgan fingerprint density at radius 1 is 0.931 bits per heavy atom. The average molecular weight is 432 g/mol. The number of halogens is 2. The highest BCUT2D eigenvalue weighted by Gasteiger charge is 2.63. The first-order valence-corrected chi connectivity index (χ1v) is 10.3. The Labute approximate surface area is 178 Å². The summed E-state index contributed by atoms with van der Waals surface area (Å²) in [4.78, 5) is 28.1. The van der Waals surface area contributed by atoms with Crippen molar-refractivity contribution in [2.24, 2.45) is 5.92 Å². The molecule has 29 heavy (non-hydrogen) atoms. The van der Waals surface area contributed by atoms with Crippen molar-refractivity contribution in [3.8, 4) is 5.75 Å². The maximum Gasteiger partial charge on any atom is 0.253 e. The number of hydrogen-bond donors (Lipinski definition) is 0. The third-order valence-electron chi connectivity index (χ3n) is 6.01. The van der Waals surface area contributed by atoms with E-state index in [4.69, 9.17) is 27.9 Å². The number of hydrazine groups is 1. The molecule has 2 aromatic rings. The van der Waals surface area contributed by atoms with E-state index in [9.17, 15) is 9.59 Å². The van der Waals surface area contributed by atoms with Gasteiger partial charge < -0.3 is 4.74 Å². The minimum atomic E-state index is -0.510. The van der Waals surface area contributed by atoms with Crippen LogP contribution in [0, 0.1) is 5.92 Å². The molecule has 3 saturated heterocycles. The number of rotatable bonds is 3. The van der Waals surface area contributed by atoms with Gasteiger partial charge in [0.2, 0.25) is 5.91 Å². The zero-order valence-electron chi connectivity index (χ0n) is 15.7. The molecule has 2 amide bonds. The summed E-state index contributed by atoms with van der Waals surface area (Å²) in [5.74, 6) is -0.181. The summed E-state index contributed by atoms with van der Waals surface area (Å²) in [5, 5.41) is 4.98. The normalized spacial score (nSPS) is 26.9. The number of fused-ring (bicyclic) bond motifs is 3. The highest BCUT2D eigenvalue weighted by atomic mass is 35.5. The Hall–Kier alpha value is -2.12. The van der Waals surface area contributed by atoms with Gasteiger partial charge in [-0.25, -0.2) is 14.9 Å². The van der Waals surface area contributed by atoms with Gasteiger partial charge in [-0.1, -0.05) is 35.3 Å². The number of benzene rings is 2. The number of amides is 2. The van der Waals surface area contributed by atoms with Crippen LogP contribution < -0.4 is 9.64 Å². The van der Waals surface area contributed by atoms with Crippen molar-refractivity contribution >= 4 is 40.7 Å². The number of ether oxygens (including phenoxy) is 1. The first-order chi connectivity index (χ1) is 14.0. The van der Waals surface area contributed by atoms with Crippen LogP contribution in [0.15, 0.2) is 42.5 Å². The standard InChI is InChI=1S/C21H19Cl2N3O3/c1-29-14-6-3-12(4-7-14)18-17-19(25-10-2-9-24(18)25)21(28)26(20(17)27)16-8-5-13(22)11-15(16)23/h3-8,11,17-19H,2,9-10H2,1H3/t17-,18+,19+/m0/s1. The summed E-state index contributed by atoms with van der Waals surface area (Å²) in [7, 11) is 1.62. The van der Waals surface area contributed by atoms with Crippen LogP contribution in [-0.2, 0) is 9.59 Å². The third-order valence-corrected chi connectivity index (χ3v) is 6.55. The van der Waals surface area contributed by atoms with E-state index in [2.05, 4.69) is 10.0 Å². The van der Waals surface area contributed by atoms with Crippen LogP contribution in [0.3, 0.4) is 0 Å². The Morgan fingerprint density at radius 3 is 2.28 bits per heavy atom. The van der Waals surface area contributed by atoms with Gasteiger partial charge in [-0.05, 0) is 42.3 Å². The SMILES string of the molecule is COc1ccc([C@@H]2[C@@H]3C(=O)N(c4ccc(Cl)cc4Cl)C(=O)[C@@H]3N3CCCN23)cc1. The van der Waals surface area contributed by atoms with Crippen LogP contribution in [0.1, 0.15) is 18.0 Å². The van der Waals surface area contributed by atoms with Gasteiger partial charge in [0.05, 0.1) is 29.8 Å². The molecule has 8 heteroatoms. The number of carbonyl (C=O) groups is 2. The number of hydrogen-bond acceptors (Lipinski definition) is 5. The van der Waals surface area contributed by atoms with Crippen LogP contribution in [0.2, 0.25) is 10.0 Å². The van der Waals surface area contributed by atoms with Crippen LogP contribution in [0.25, 0.3) is 0 Å². The Balaban J connectivity index is 1.57. The quantitative estimate of drug-likeness (QED) is 0.695. The van der Waals surface area contributed by atoms with Crippen molar-refractivity contribution in [1.29, 1.82) is 0 Å². The highest BCUT2D eigenvalue weighted by molar-refractivity contribution is 6.38. The molecular weight excluding hydrogens is 413 g/mol. The van der Waals surface area contributed by atoms with E-state index in [0.29, 0.717) is 15.7 Å². The highest BCUT2D eigenvalue weighted by Crippen LogP contribution is 2.49. The number of anilines is 1. The van der Waals surface area contributed by atoms with Gasteiger partial charge in [0.15, 0.2) is 0 Å². The van der Waals surface area contributed by atoms with E-state index in [-0.39, 0.29) is 17.9 Å². The van der Waals surface area contributed by atoms with Crippen molar-refractivity contribution < 1.29 is 14.3 Å². The smallest absolute Gasteiger partial charge is 0.253 e. The summed E-state index contributed by atoms with van der Waals surface area (Å²) >= 11 is 12.3. The molecule has 3 fully saturated rings. The van der Waals surface area contributed by atoms with Gasteiger partial charge in [-0.15, -0.1) is 0 Å². The van der Waals surface area contributed by atoms with Crippen LogP contribution in [0.4, 0.5) is 5.69 Å². The molecular formula is C21H19Cl2N3O3. The van der Waals surface area contributed by atoms with E-state index in [1.807, 2.05) is 24.3 Å². The number of imide groups is 1. The number of nitrogens with zero attached hydrogens (tertiary/aromatic N) is 3. The summed E-state index contributed by atoms with van der Waals surface area (Å²) in [6.07, 6.45) is 0.957. The molecule has 0 aliphatic carbocycles. The second-order valence-corrected chi connectivity index (χ2v) is 8.32. The van der Waals surface area contributed by atoms with E-state index in [1.165, 1.54) is 4.90 Å². The fourth-order valence-electron chi connectivity index (χ4n) is 4.81. The number of methoxy groups -OCH3 is 1. The lowest BCUT2D eigenvalue weighted by molar-refractivity contribution is -0.126. The topological polar surface area (TPSA) is 53.1 Å². The molecule has 3 atom stereocenters. The van der Waals surface area contributed by atoms with Gasteiger partial charge in [0.1, 0.15) is 11.8 Å². The summed E-state index contributed by atoms with van der Waals surface area (Å²) in [6.45, 7) is 1.58. The van der Waals surface area contributed by atoms with E-state index >= 15 is 0 Å². The average Bonchev–Trinajstić information content (AvgIpc) is 3.35. The monoisotopic (exact) mass is 431 g/mol. The van der Waals surface area contributed by atoms with E-state index < -0.39 is 12.0 Å². The molecule has 0 saturated carbocycles. The second kappa shape index (κ2) is 6.99. The molecule has 6 nitrogen and oxygen atoms in total. The molecule has 0 spiro atoms. The van der Waals surface area contributed by atoms with Crippen LogP contribution in [-0.4, -0.2) is 48.1 Å². The van der Waals surface area contributed by atoms with Crippen molar-refractivity contribution in [3.05, 3.63) is 58.1 Å². The maximum absolute atomic E-state index is 13.5. The lowest BCUT2D eigenvalue weighted by Crippen LogP contribution is -2.44. The van der Waals surface area contributed by atoms with E-state index in [1.54, 1.807) is 25.3 Å². The molecule has 3 aliphatic rings. The zero-order chi connectivity index (χ0) is 20.3. The minimum Gasteiger partial charge on any atom is -0.497 e. The summed E-state index contributed by atoms with van der Waals surface area (Å²) in [6, 6.07) is 11.8. The van der Waals surface area contributed by atoms with Gasteiger partial charge in [0, 0.05) is 18.1 Å². The third kappa shape index (κ3) is 2.78. The van der Waals surface area contributed by atoms with Crippen LogP contribution in [0.5, 0.6) is 5.75 Å². The maximum atomic E-state index is 13.5. The molecule has 0 aromatic heterocycles. The van der Waals surface area contributed by atoms with Gasteiger partial charge >= 0.3 is 0 Å². The van der Waals surface area contributed by atoms with Gasteiger partial charge in [0.25, 0.3) is 5.91 Å². The van der Waals surface area contributed by atoms with Gasteiger partial charge in [-0.3, -0.25) is 9.59 Å². The Bertz CT molecular complexity index is 997. The van der Waals surface area contributed by atoms with Crippen molar-refractivity contribution in [3.63, 3.8) is 0 Å². The second-order valence-electron chi connectivity index (χ2n) is 7.48. The molecule has 5 rings (SSSR count). The molecule has 2 aromatic carbocycles. The van der Waals surface area contributed by atoms with Crippen molar-refractivity contribution in [2.45, 2.75) is 18.5 Å². The largest absolute Gasteiger partial charge is 0.497 e. The molecule has 3 aliphatic heterocycles. The summed E-state index contributed by atoms with van der Waals surface area (Å²) in [5.41, 5.74) is 1.38. The fraction of sp³-hybridized carbons (Fsp3) is 0.333. The molecule has 150 valence electrons. The first kappa shape index (κ1) is 18.9. The Kier molecular flexibility index (Phi) is 4.55. The minimum absolute atomic E-state index is 0.194. The van der Waals surface area contributed by atoms with Crippen molar-refractivity contribution in [2.75, 3.05) is 25.1 Å². The predicted octanol–water partition coefficient (Wildman–Crippen LogP) is 3.54. The fourth-order valence-corrected chi connectivity index (χ4v) is 5.31. The zero-order valence-corrected chi connectivity index (χ0v) is 17.2. The van der Waals surface area contributed by atoms with Gasteiger partial charge in [-0.2, -0.15) is 0 Å². The molecule has 0 N–H and O–H groups in total. The lowest BCUT2D eigenvalue weighted by atomic mass is 9.90. The molecule has 0 radical (unpaired) electrons. The Morgan fingerprint density at radius 2 is 1.62 bits per heavy atom. The van der Waals surface area contributed by atoms with Crippen molar-refractivity contribution in [1.82, 2.24) is 10.0 Å². The predicted molar refractivity (Wildman–Crippen MR) is 110 cm³/mol. The summed E-state index contributed by atoms with van der Waals surface area (Å²) < 4.78 is 5.26. The number of carbonyl (C=O) groups excluding carboxylic acids is 2. The first-order valence-electron chi connectivity index (χ1n) is 9.51. The molecule has 0 bridgehead atoms.